The van der Waals surface area contributed by atoms with Gasteiger partial charge in [-0.15, -0.1) is 0 Å². The Kier molecular flexibility index (Phi) is 5.94. The third-order valence-corrected chi connectivity index (χ3v) is 6.76. The second kappa shape index (κ2) is 9.02. The summed E-state index contributed by atoms with van der Waals surface area (Å²) in [4.78, 5) is 31.0. The summed E-state index contributed by atoms with van der Waals surface area (Å²) in [5.41, 5.74) is 3.26. The van der Waals surface area contributed by atoms with E-state index in [2.05, 4.69) is 33.7 Å². The van der Waals surface area contributed by atoms with Crippen LogP contribution in [0.2, 0.25) is 0 Å². The largest absolute Gasteiger partial charge is 0.464 e. The number of piperazine rings is 1. The molecule has 1 aromatic carbocycles. The highest BCUT2D eigenvalue weighted by molar-refractivity contribution is 5.95. The van der Waals surface area contributed by atoms with Crippen molar-refractivity contribution in [3.05, 3.63) is 92.8 Å². The molecule has 172 valence electrons. The molecule has 0 atom stereocenters. The van der Waals surface area contributed by atoms with E-state index >= 15 is 0 Å². The van der Waals surface area contributed by atoms with Crippen LogP contribution in [0.5, 0.6) is 0 Å². The van der Waals surface area contributed by atoms with Crippen LogP contribution in [0.15, 0.2) is 57.7 Å². The zero-order valence-electron chi connectivity index (χ0n) is 19.4. The first kappa shape index (κ1) is 21.7. The molecule has 0 bridgehead atoms. The van der Waals surface area contributed by atoms with Gasteiger partial charge in [-0.3, -0.25) is 14.5 Å². The van der Waals surface area contributed by atoms with Crippen molar-refractivity contribution < 1.29 is 9.21 Å². The summed E-state index contributed by atoms with van der Waals surface area (Å²) < 4.78 is 7.93. The van der Waals surface area contributed by atoms with Gasteiger partial charge in [0.25, 0.3) is 5.91 Å². The molecule has 2 aliphatic rings. The Labute approximate surface area is 194 Å². The summed E-state index contributed by atoms with van der Waals surface area (Å²) in [6.07, 6.45) is 2.04. The van der Waals surface area contributed by atoms with Crippen molar-refractivity contribution in [1.29, 1.82) is 0 Å². The molecule has 0 N–H and O–H groups in total. The van der Waals surface area contributed by atoms with E-state index in [1.165, 1.54) is 5.56 Å². The van der Waals surface area contributed by atoms with Gasteiger partial charge in [-0.1, -0.05) is 30.3 Å². The molecule has 3 aromatic rings. The molecule has 3 heterocycles. The number of pyridine rings is 1. The number of hydrogen-bond acceptors (Lipinski definition) is 4. The highest BCUT2D eigenvalue weighted by Gasteiger charge is 2.35. The maximum atomic E-state index is 13.6. The van der Waals surface area contributed by atoms with Gasteiger partial charge in [0, 0.05) is 56.1 Å². The van der Waals surface area contributed by atoms with Crippen molar-refractivity contribution in [3.63, 3.8) is 0 Å². The molecular formula is C27H31N3O3. The average molecular weight is 446 g/mol. The van der Waals surface area contributed by atoms with Crippen molar-refractivity contribution in [3.8, 4) is 0 Å². The topological polar surface area (TPSA) is 58.7 Å². The van der Waals surface area contributed by atoms with Crippen LogP contribution in [0.4, 0.5) is 0 Å². The number of benzene rings is 1. The minimum absolute atomic E-state index is 0.120. The lowest BCUT2D eigenvalue weighted by molar-refractivity contribution is 0.0625. The normalized spacial score (nSPS) is 16.8. The van der Waals surface area contributed by atoms with Crippen molar-refractivity contribution in [2.75, 3.05) is 26.2 Å². The number of hydrogen-bond donors (Lipinski definition) is 0. The summed E-state index contributed by atoms with van der Waals surface area (Å²) in [5.74, 6) is 1.85. The number of carbonyl (C=O) groups excluding carboxylic acids is 1. The van der Waals surface area contributed by atoms with Crippen LogP contribution >= 0.6 is 0 Å². The second-order valence-corrected chi connectivity index (χ2v) is 9.34. The Morgan fingerprint density at radius 2 is 1.70 bits per heavy atom. The predicted molar refractivity (Wildman–Crippen MR) is 128 cm³/mol. The molecule has 5 rings (SSSR count). The van der Waals surface area contributed by atoms with Crippen LogP contribution in [0.25, 0.3) is 0 Å². The molecule has 2 fully saturated rings. The lowest BCUT2D eigenvalue weighted by Crippen LogP contribution is -2.49. The predicted octanol–water partition coefficient (Wildman–Crippen LogP) is 3.94. The highest BCUT2D eigenvalue weighted by Crippen LogP contribution is 2.42. The van der Waals surface area contributed by atoms with Crippen LogP contribution in [0.1, 0.15) is 57.6 Å². The van der Waals surface area contributed by atoms with Gasteiger partial charge in [0.1, 0.15) is 17.1 Å². The Balaban J connectivity index is 1.38. The van der Waals surface area contributed by atoms with Gasteiger partial charge in [-0.2, -0.15) is 0 Å². The summed E-state index contributed by atoms with van der Waals surface area (Å²) in [6.45, 7) is 8.19. The van der Waals surface area contributed by atoms with Gasteiger partial charge >= 0.3 is 0 Å². The fraction of sp³-hybridized carbons (Fsp3) is 0.407. The van der Waals surface area contributed by atoms with Crippen LogP contribution < -0.4 is 5.43 Å². The maximum Gasteiger partial charge on any atom is 0.259 e. The SMILES string of the molecule is Cc1ccc(Cn2c(C)cc(=O)c(C(=O)N3CCN(Cc4ccccc4)CC3)c2C2CC2)o1. The first-order chi connectivity index (χ1) is 16.0. The number of amides is 1. The Hall–Kier alpha value is -3.12. The molecule has 1 saturated carbocycles. The van der Waals surface area contributed by atoms with Gasteiger partial charge in [0.05, 0.1) is 6.54 Å². The Morgan fingerprint density at radius 3 is 2.33 bits per heavy atom. The molecule has 1 saturated heterocycles. The van der Waals surface area contributed by atoms with E-state index in [0.29, 0.717) is 25.2 Å². The average Bonchev–Trinajstić information content (AvgIpc) is 3.57. The second-order valence-electron chi connectivity index (χ2n) is 9.34. The van der Waals surface area contributed by atoms with E-state index < -0.39 is 0 Å². The number of aromatic nitrogens is 1. The Morgan fingerprint density at radius 1 is 0.970 bits per heavy atom. The number of aryl methyl sites for hydroxylation is 2. The maximum absolute atomic E-state index is 13.6. The zero-order valence-corrected chi connectivity index (χ0v) is 19.4. The number of furan rings is 1. The van der Waals surface area contributed by atoms with Crippen molar-refractivity contribution in [2.24, 2.45) is 0 Å². The number of nitrogens with zero attached hydrogens (tertiary/aromatic N) is 3. The monoisotopic (exact) mass is 445 g/mol. The van der Waals surface area contributed by atoms with Gasteiger partial charge in [-0.05, 0) is 44.4 Å². The van der Waals surface area contributed by atoms with Gasteiger partial charge in [-0.25, -0.2) is 0 Å². The minimum Gasteiger partial charge on any atom is -0.464 e. The van der Waals surface area contributed by atoms with Crippen LogP contribution in [-0.4, -0.2) is 46.5 Å². The van der Waals surface area contributed by atoms with Crippen LogP contribution in [-0.2, 0) is 13.1 Å². The molecular weight excluding hydrogens is 414 g/mol. The third kappa shape index (κ3) is 4.67. The van der Waals surface area contributed by atoms with E-state index in [4.69, 9.17) is 4.42 Å². The molecule has 0 unspecified atom stereocenters. The molecule has 6 nitrogen and oxygen atoms in total. The standard InChI is InChI=1S/C27H31N3O3/c1-19-16-24(31)25(26(22-9-10-22)30(19)18-23-11-8-20(2)33-23)27(32)29-14-12-28(13-15-29)17-21-6-4-3-5-7-21/h3-8,11,16,22H,9-10,12-15,17-18H2,1-2H3. The van der Waals surface area contributed by atoms with E-state index in [-0.39, 0.29) is 17.3 Å². The van der Waals surface area contributed by atoms with Gasteiger partial charge in [0.15, 0.2) is 5.43 Å². The van der Waals surface area contributed by atoms with E-state index in [0.717, 1.165) is 55.4 Å². The first-order valence-corrected chi connectivity index (χ1v) is 11.8. The molecule has 1 amide bonds. The smallest absolute Gasteiger partial charge is 0.259 e. The Bertz CT molecular complexity index is 1200. The molecule has 33 heavy (non-hydrogen) atoms. The molecule has 6 heteroatoms. The zero-order chi connectivity index (χ0) is 22.9. The van der Waals surface area contributed by atoms with E-state index in [9.17, 15) is 9.59 Å². The summed E-state index contributed by atoms with van der Waals surface area (Å²) in [6, 6.07) is 15.9. The highest BCUT2D eigenvalue weighted by atomic mass is 16.3. The summed E-state index contributed by atoms with van der Waals surface area (Å²) in [5, 5.41) is 0. The van der Waals surface area contributed by atoms with Crippen molar-refractivity contribution >= 4 is 5.91 Å². The lowest BCUT2D eigenvalue weighted by atomic mass is 10.0. The van der Waals surface area contributed by atoms with Gasteiger partial charge < -0.3 is 13.9 Å². The van der Waals surface area contributed by atoms with Crippen molar-refractivity contribution in [1.82, 2.24) is 14.4 Å². The molecule has 0 radical (unpaired) electrons. The van der Waals surface area contributed by atoms with Crippen molar-refractivity contribution in [2.45, 2.75) is 45.7 Å². The molecule has 2 aromatic heterocycles. The van der Waals surface area contributed by atoms with Crippen LogP contribution in [0.3, 0.4) is 0 Å². The number of rotatable bonds is 6. The molecule has 1 aliphatic heterocycles. The lowest BCUT2D eigenvalue weighted by Gasteiger charge is -2.35. The third-order valence-electron chi connectivity index (χ3n) is 6.76. The molecule has 0 spiro atoms. The summed E-state index contributed by atoms with van der Waals surface area (Å²) >= 11 is 0. The van der Waals surface area contributed by atoms with Crippen LogP contribution in [0, 0.1) is 13.8 Å². The first-order valence-electron chi connectivity index (χ1n) is 11.8. The number of carbonyl (C=O) groups is 1. The van der Waals surface area contributed by atoms with E-state index in [1.807, 2.05) is 36.9 Å². The van der Waals surface area contributed by atoms with E-state index in [1.54, 1.807) is 6.07 Å². The molecule has 1 aliphatic carbocycles. The quantitative estimate of drug-likeness (QED) is 0.577. The fourth-order valence-electron chi connectivity index (χ4n) is 4.83. The summed E-state index contributed by atoms with van der Waals surface area (Å²) in [7, 11) is 0. The van der Waals surface area contributed by atoms with Gasteiger partial charge in [0.2, 0.25) is 0 Å². The minimum atomic E-state index is -0.155. The fourth-order valence-corrected chi connectivity index (χ4v) is 4.83.